The average molecular weight is 386 g/mol. The van der Waals surface area contributed by atoms with Gasteiger partial charge in [-0.25, -0.2) is 0 Å². The van der Waals surface area contributed by atoms with Crippen molar-refractivity contribution in [2.45, 2.75) is 13.8 Å². The van der Waals surface area contributed by atoms with Crippen LogP contribution in [0.15, 0.2) is 36.5 Å². The number of halogens is 1. The third-order valence-electron chi connectivity index (χ3n) is 3.64. The van der Waals surface area contributed by atoms with E-state index in [0.717, 1.165) is 5.52 Å². The van der Waals surface area contributed by atoms with Gasteiger partial charge in [-0.2, -0.15) is 5.10 Å². The zero-order chi connectivity index (χ0) is 19.6. The maximum Gasteiger partial charge on any atom is 0.255 e. The summed E-state index contributed by atoms with van der Waals surface area (Å²) in [6.45, 7) is 2.70. The van der Waals surface area contributed by atoms with Crippen molar-refractivity contribution in [3.8, 4) is 0 Å². The number of carbonyl (C=O) groups is 3. The highest BCUT2D eigenvalue weighted by Gasteiger charge is 2.14. The van der Waals surface area contributed by atoms with E-state index in [1.54, 1.807) is 24.4 Å². The van der Waals surface area contributed by atoms with Gasteiger partial charge in [-0.3, -0.25) is 19.5 Å². The Kier molecular flexibility index (Phi) is 5.09. The number of aromatic nitrogens is 2. The molecule has 0 aliphatic heterocycles. The third kappa shape index (κ3) is 4.24. The number of hydrogen-bond acceptors (Lipinski definition) is 4. The first-order valence-electron chi connectivity index (χ1n) is 7.96. The molecule has 27 heavy (non-hydrogen) atoms. The predicted molar refractivity (Wildman–Crippen MR) is 104 cm³/mol. The van der Waals surface area contributed by atoms with E-state index in [9.17, 15) is 14.4 Å². The molecule has 0 saturated carbocycles. The first-order chi connectivity index (χ1) is 12.8. The van der Waals surface area contributed by atoms with Gasteiger partial charge in [-0.05, 0) is 30.3 Å². The summed E-state index contributed by atoms with van der Waals surface area (Å²) in [5.41, 5.74) is 2.18. The molecule has 0 aliphatic carbocycles. The van der Waals surface area contributed by atoms with Crippen LogP contribution in [0.5, 0.6) is 0 Å². The maximum absolute atomic E-state index is 12.7. The summed E-state index contributed by atoms with van der Waals surface area (Å²) in [7, 11) is 0. The van der Waals surface area contributed by atoms with Crippen molar-refractivity contribution in [3.63, 3.8) is 0 Å². The highest BCUT2D eigenvalue weighted by atomic mass is 35.5. The Morgan fingerprint density at radius 2 is 1.59 bits per heavy atom. The number of rotatable bonds is 4. The standard InChI is InChI=1S/C18H16ClN5O3/c1-9(25)21-12-5-11(6-13(7-12)22-10(2)26)18(27)23-16-4-3-15-14(17(16)19)8-20-24-15/h3-8H,1-2H3,(H,20,24)(H,21,25)(H,22,26)(H,23,27). The fourth-order valence-electron chi connectivity index (χ4n) is 2.58. The molecule has 0 radical (unpaired) electrons. The lowest BCUT2D eigenvalue weighted by Gasteiger charge is -2.12. The Labute approximate surface area is 159 Å². The zero-order valence-electron chi connectivity index (χ0n) is 14.5. The van der Waals surface area contributed by atoms with Gasteiger partial charge >= 0.3 is 0 Å². The van der Waals surface area contributed by atoms with Crippen molar-refractivity contribution in [2.75, 3.05) is 16.0 Å². The molecule has 0 fully saturated rings. The molecule has 0 saturated heterocycles. The van der Waals surface area contributed by atoms with Gasteiger partial charge in [-0.1, -0.05) is 11.6 Å². The third-order valence-corrected chi connectivity index (χ3v) is 4.05. The zero-order valence-corrected chi connectivity index (χ0v) is 15.3. The Morgan fingerprint density at radius 3 is 2.19 bits per heavy atom. The van der Waals surface area contributed by atoms with E-state index < -0.39 is 5.91 Å². The quantitative estimate of drug-likeness (QED) is 0.550. The van der Waals surface area contributed by atoms with E-state index >= 15 is 0 Å². The van der Waals surface area contributed by atoms with Crippen molar-refractivity contribution in [1.82, 2.24) is 10.2 Å². The average Bonchev–Trinajstić information content (AvgIpc) is 3.05. The normalized spacial score (nSPS) is 10.5. The lowest BCUT2D eigenvalue weighted by molar-refractivity contribution is -0.115. The van der Waals surface area contributed by atoms with Gasteiger partial charge in [0, 0.05) is 36.2 Å². The number of fused-ring (bicyclic) bond motifs is 1. The number of hydrogen-bond donors (Lipinski definition) is 4. The van der Waals surface area contributed by atoms with Gasteiger partial charge in [0.25, 0.3) is 5.91 Å². The molecule has 138 valence electrons. The molecule has 1 aromatic heterocycles. The fourth-order valence-corrected chi connectivity index (χ4v) is 2.84. The monoisotopic (exact) mass is 385 g/mol. The molecule has 0 unspecified atom stereocenters. The maximum atomic E-state index is 12.7. The topological polar surface area (TPSA) is 116 Å². The van der Waals surface area contributed by atoms with Crippen LogP contribution in [0.3, 0.4) is 0 Å². The second-order valence-electron chi connectivity index (χ2n) is 5.87. The van der Waals surface area contributed by atoms with E-state index in [4.69, 9.17) is 11.6 Å². The van der Waals surface area contributed by atoms with Crippen LogP contribution < -0.4 is 16.0 Å². The van der Waals surface area contributed by atoms with Crippen molar-refractivity contribution < 1.29 is 14.4 Å². The number of anilines is 3. The number of benzene rings is 2. The van der Waals surface area contributed by atoms with Gasteiger partial charge in [0.15, 0.2) is 0 Å². The molecule has 8 nitrogen and oxygen atoms in total. The minimum atomic E-state index is -0.446. The molecule has 3 rings (SSSR count). The summed E-state index contributed by atoms with van der Waals surface area (Å²) in [6.07, 6.45) is 1.57. The molecule has 2 aromatic carbocycles. The SMILES string of the molecule is CC(=O)Nc1cc(NC(C)=O)cc(C(=O)Nc2ccc3[nH]ncc3c2Cl)c1. The van der Waals surface area contributed by atoms with E-state index in [0.29, 0.717) is 27.5 Å². The van der Waals surface area contributed by atoms with Crippen LogP contribution in [0.25, 0.3) is 10.9 Å². The minimum Gasteiger partial charge on any atom is -0.326 e. The van der Waals surface area contributed by atoms with Crippen molar-refractivity contribution >= 4 is 57.3 Å². The Balaban J connectivity index is 1.93. The van der Waals surface area contributed by atoms with Crippen molar-refractivity contribution in [1.29, 1.82) is 0 Å². The molecule has 9 heteroatoms. The number of aromatic amines is 1. The molecule has 1 heterocycles. The largest absolute Gasteiger partial charge is 0.326 e. The van der Waals surface area contributed by atoms with Gasteiger partial charge in [0.1, 0.15) is 0 Å². The predicted octanol–water partition coefficient (Wildman–Crippen LogP) is 3.39. The van der Waals surface area contributed by atoms with Crippen LogP contribution in [0.1, 0.15) is 24.2 Å². The summed E-state index contributed by atoms with van der Waals surface area (Å²) in [5.74, 6) is -1.04. The van der Waals surface area contributed by atoms with Crippen LogP contribution in [-0.4, -0.2) is 27.9 Å². The van der Waals surface area contributed by atoms with Gasteiger partial charge < -0.3 is 16.0 Å². The van der Waals surface area contributed by atoms with Crippen LogP contribution in [0.2, 0.25) is 5.02 Å². The van der Waals surface area contributed by atoms with E-state index in [-0.39, 0.29) is 17.4 Å². The summed E-state index contributed by atoms with van der Waals surface area (Å²) in [6, 6.07) is 7.98. The second-order valence-corrected chi connectivity index (χ2v) is 6.25. The Bertz CT molecular complexity index is 1030. The first-order valence-corrected chi connectivity index (χ1v) is 8.34. The highest BCUT2D eigenvalue weighted by molar-refractivity contribution is 6.38. The summed E-state index contributed by atoms with van der Waals surface area (Å²) >= 11 is 6.33. The molecule has 0 spiro atoms. The van der Waals surface area contributed by atoms with E-state index in [1.165, 1.54) is 26.0 Å². The number of carbonyl (C=O) groups excluding carboxylic acids is 3. The molecule has 0 aliphatic rings. The summed E-state index contributed by atoms with van der Waals surface area (Å²) < 4.78 is 0. The smallest absolute Gasteiger partial charge is 0.255 e. The summed E-state index contributed by atoms with van der Waals surface area (Å²) in [4.78, 5) is 35.4. The molecule has 3 aromatic rings. The number of nitrogens with zero attached hydrogens (tertiary/aromatic N) is 1. The number of amides is 3. The Morgan fingerprint density at radius 1 is 0.963 bits per heavy atom. The van der Waals surface area contributed by atoms with Crippen LogP contribution in [-0.2, 0) is 9.59 Å². The van der Waals surface area contributed by atoms with Crippen molar-refractivity contribution in [2.24, 2.45) is 0 Å². The van der Waals surface area contributed by atoms with Crippen LogP contribution in [0.4, 0.5) is 17.1 Å². The van der Waals surface area contributed by atoms with E-state index in [2.05, 4.69) is 26.1 Å². The molecule has 0 bridgehead atoms. The van der Waals surface area contributed by atoms with Gasteiger partial charge in [0.05, 0.1) is 22.4 Å². The van der Waals surface area contributed by atoms with E-state index in [1.807, 2.05) is 0 Å². The highest BCUT2D eigenvalue weighted by Crippen LogP contribution is 2.30. The number of H-pyrrole nitrogens is 1. The molecular formula is C18H16ClN5O3. The molecule has 3 amide bonds. The van der Waals surface area contributed by atoms with Crippen LogP contribution in [0, 0.1) is 0 Å². The summed E-state index contributed by atoms with van der Waals surface area (Å²) in [5, 5.41) is 15.7. The lowest BCUT2D eigenvalue weighted by Crippen LogP contribution is -2.15. The van der Waals surface area contributed by atoms with Crippen molar-refractivity contribution in [3.05, 3.63) is 47.1 Å². The fraction of sp³-hybridized carbons (Fsp3) is 0.111. The molecular weight excluding hydrogens is 370 g/mol. The minimum absolute atomic E-state index is 0.244. The first kappa shape index (κ1) is 18.4. The van der Waals surface area contributed by atoms with Gasteiger partial charge in [-0.15, -0.1) is 0 Å². The second kappa shape index (κ2) is 7.46. The molecule has 4 N–H and O–H groups in total. The van der Waals surface area contributed by atoms with Gasteiger partial charge in [0.2, 0.25) is 11.8 Å². The van der Waals surface area contributed by atoms with Crippen LogP contribution >= 0.6 is 11.6 Å². The lowest BCUT2D eigenvalue weighted by atomic mass is 10.1. The molecule has 0 atom stereocenters. The Hall–Kier alpha value is -3.39. The number of nitrogens with one attached hydrogen (secondary N) is 4.